The van der Waals surface area contributed by atoms with Gasteiger partial charge in [0.05, 0.1) is 19.7 Å². The van der Waals surface area contributed by atoms with Crippen molar-refractivity contribution in [1.82, 2.24) is 14.7 Å². The molecule has 0 aliphatic carbocycles. The molecule has 2 amide bonds. The van der Waals surface area contributed by atoms with Crippen molar-refractivity contribution in [2.45, 2.75) is 70.3 Å². The van der Waals surface area contributed by atoms with Gasteiger partial charge in [-0.15, -0.1) is 0 Å². The molecule has 3 aliphatic rings. The summed E-state index contributed by atoms with van der Waals surface area (Å²) in [5, 5.41) is 0. The van der Waals surface area contributed by atoms with Crippen molar-refractivity contribution < 1.29 is 23.9 Å². The van der Waals surface area contributed by atoms with Crippen LogP contribution in [0.5, 0.6) is 0 Å². The number of esters is 1. The monoisotopic (exact) mass is 367 g/mol. The van der Waals surface area contributed by atoms with Crippen LogP contribution in [0.25, 0.3) is 0 Å². The third kappa shape index (κ3) is 2.84. The molecule has 0 aromatic rings. The zero-order chi connectivity index (χ0) is 19.3. The minimum Gasteiger partial charge on any atom is -0.467 e. The molecular weight excluding hydrogens is 338 g/mol. The van der Waals surface area contributed by atoms with Crippen LogP contribution in [0.2, 0.25) is 0 Å². The summed E-state index contributed by atoms with van der Waals surface area (Å²) in [6, 6.07) is -0.900. The second-order valence-corrected chi connectivity index (χ2v) is 8.27. The van der Waals surface area contributed by atoms with Crippen LogP contribution < -0.4 is 0 Å². The van der Waals surface area contributed by atoms with Gasteiger partial charge in [0.2, 0.25) is 5.91 Å². The highest BCUT2D eigenvalue weighted by molar-refractivity contribution is 5.88. The highest BCUT2D eigenvalue weighted by atomic mass is 16.6. The van der Waals surface area contributed by atoms with Crippen LogP contribution in [0.1, 0.15) is 47.0 Å². The van der Waals surface area contributed by atoms with E-state index >= 15 is 0 Å². The zero-order valence-electron chi connectivity index (χ0n) is 16.3. The lowest BCUT2D eigenvalue weighted by atomic mass is 10.0. The molecule has 0 saturated carbocycles. The van der Waals surface area contributed by atoms with Crippen LogP contribution in [-0.4, -0.2) is 82.8 Å². The minimum atomic E-state index is -0.754. The van der Waals surface area contributed by atoms with Crippen LogP contribution in [0, 0.1) is 0 Å². The van der Waals surface area contributed by atoms with E-state index in [1.54, 1.807) is 20.8 Å². The first-order valence-corrected chi connectivity index (χ1v) is 9.30. The third-order valence-corrected chi connectivity index (χ3v) is 5.58. The van der Waals surface area contributed by atoms with Crippen molar-refractivity contribution in [2.75, 3.05) is 26.7 Å². The number of amides is 2. The summed E-state index contributed by atoms with van der Waals surface area (Å²) < 4.78 is 10.5. The topological polar surface area (TPSA) is 79.4 Å². The molecule has 146 valence electrons. The maximum Gasteiger partial charge on any atom is 0.411 e. The van der Waals surface area contributed by atoms with E-state index in [9.17, 15) is 14.4 Å². The number of likely N-dealkylation sites (N-methyl/N-ethyl adjacent to an activating group) is 1. The van der Waals surface area contributed by atoms with Crippen molar-refractivity contribution in [3.8, 4) is 0 Å². The number of hydrogen-bond donors (Lipinski definition) is 0. The molecule has 8 nitrogen and oxygen atoms in total. The smallest absolute Gasteiger partial charge is 0.411 e. The summed E-state index contributed by atoms with van der Waals surface area (Å²) >= 11 is 0. The minimum absolute atomic E-state index is 0.0969. The van der Waals surface area contributed by atoms with E-state index in [1.165, 1.54) is 12.0 Å². The Kier molecular flexibility index (Phi) is 4.67. The van der Waals surface area contributed by atoms with Gasteiger partial charge in [-0.05, 0) is 40.5 Å². The van der Waals surface area contributed by atoms with Crippen molar-refractivity contribution in [3.05, 3.63) is 0 Å². The van der Waals surface area contributed by atoms with Gasteiger partial charge in [-0.1, -0.05) is 0 Å². The van der Waals surface area contributed by atoms with Gasteiger partial charge < -0.3 is 14.4 Å². The van der Waals surface area contributed by atoms with Gasteiger partial charge in [0, 0.05) is 19.5 Å². The highest BCUT2D eigenvalue weighted by Gasteiger charge is 2.64. The first-order valence-electron chi connectivity index (χ1n) is 9.30. The van der Waals surface area contributed by atoms with Crippen molar-refractivity contribution in [1.29, 1.82) is 0 Å². The molecule has 1 spiro atoms. The van der Waals surface area contributed by atoms with E-state index in [-0.39, 0.29) is 18.5 Å². The maximum atomic E-state index is 12.9. The second kappa shape index (κ2) is 6.40. The van der Waals surface area contributed by atoms with Gasteiger partial charge in [-0.2, -0.15) is 0 Å². The number of ether oxygens (including phenoxy) is 2. The van der Waals surface area contributed by atoms with E-state index in [4.69, 9.17) is 9.47 Å². The van der Waals surface area contributed by atoms with Crippen molar-refractivity contribution in [2.24, 2.45) is 0 Å². The summed E-state index contributed by atoms with van der Waals surface area (Å²) in [4.78, 5) is 43.5. The molecule has 0 aromatic carbocycles. The van der Waals surface area contributed by atoms with Crippen molar-refractivity contribution in [3.63, 3.8) is 0 Å². The Morgan fingerprint density at radius 2 is 2.00 bits per heavy atom. The van der Waals surface area contributed by atoms with Crippen LogP contribution in [0.15, 0.2) is 0 Å². The van der Waals surface area contributed by atoms with Gasteiger partial charge in [0.15, 0.2) is 0 Å². The van der Waals surface area contributed by atoms with Crippen LogP contribution in [0.3, 0.4) is 0 Å². The molecule has 3 atom stereocenters. The number of likely N-dealkylation sites (tertiary alicyclic amines) is 1. The Bertz CT molecular complexity index is 616. The quantitative estimate of drug-likeness (QED) is 0.682. The molecule has 3 fully saturated rings. The SMILES string of the molecule is CCN1C(=O)C2CCCN2C12CC(C(=O)OC)N(C(=O)OC(C)(C)C)C2. The van der Waals surface area contributed by atoms with Crippen LogP contribution in [-0.2, 0) is 19.1 Å². The van der Waals surface area contributed by atoms with Gasteiger partial charge in [-0.25, -0.2) is 9.59 Å². The molecule has 8 heteroatoms. The Morgan fingerprint density at radius 3 is 2.58 bits per heavy atom. The Hall–Kier alpha value is -1.83. The number of fused-ring (bicyclic) bond motifs is 2. The van der Waals surface area contributed by atoms with Crippen LogP contribution in [0.4, 0.5) is 4.79 Å². The summed E-state index contributed by atoms with van der Waals surface area (Å²) in [5.74, 6) is -0.376. The zero-order valence-corrected chi connectivity index (χ0v) is 16.3. The molecule has 0 aromatic heterocycles. The van der Waals surface area contributed by atoms with E-state index in [1.807, 2.05) is 11.8 Å². The van der Waals surface area contributed by atoms with E-state index in [0.717, 1.165) is 19.4 Å². The molecule has 3 aliphatic heterocycles. The van der Waals surface area contributed by atoms with E-state index in [0.29, 0.717) is 13.0 Å². The maximum absolute atomic E-state index is 12.9. The number of hydrogen-bond acceptors (Lipinski definition) is 6. The average molecular weight is 367 g/mol. The highest BCUT2D eigenvalue weighted by Crippen LogP contribution is 2.45. The average Bonchev–Trinajstić information content (AvgIpc) is 3.22. The fourth-order valence-corrected chi connectivity index (χ4v) is 4.64. The molecule has 0 radical (unpaired) electrons. The van der Waals surface area contributed by atoms with Gasteiger partial charge >= 0.3 is 12.1 Å². The predicted molar refractivity (Wildman–Crippen MR) is 93.2 cm³/mol. The lowest BCUT2D eigenvalue weighted by Crippen LogP contribution is -2.56. The summed E-state index contributed by atoms with van der Waals surface area (Å²) in [7, 11) is 1.32. The van der Waals surface area contributed by atoms with Gasteiger partial charge in [0.25, 0.3) is 0 Å². The molecule has 26 heavy (non-hydrogen) atoms. The van der Waals surface area contributed by atoms with E-state index in [2.05, 4.69) is 4.90 Å². The van der Waals surface area contributed by atoms with Crippen molar-refractivity contribution >= 4 is 18.0 Å². The summed E-state index contributed by atoms with van der Waals surface area (Å²) in [6.45, 7) is 8.90. The lowest BCUT2D eigenvalue weighted by Gasteiger charge is -2.39. The van der Waals surface area contributed by atoms with Gasteiger partial charge in [0.1, 0.15) is 17.3 Å². The molecule has 3 saturated heterocycles. The third-order valence-electron chi connectivity index (χ3n) is 5.58. The van der Waals surface area contributed by atoms with Gasteiger partial charge in [-0.3, -0.25) is 14.6 Å². The lowest BCUT2D eigenvalue weighted by molar-refractivity contribution is -0.146. The summed E-state index contributed by atoms with van der Waals surface area (Å²) in [6.07, 6.45) is 1.59. The number of rotatable bonds is 2. The molecular formula is C18H29N3O5. The molecule has 0 N–H and O–H groups in total. The number of carbonyl (C=O) groups excluding carboxylic acids is 3. The number of nitrogens with zero attached hydrogens (tertiary/aromatic N) is 3. The largest absolute Gasteiger partial charge is 0.467 e. The van der Waals surface area contributed by atoms with Crippen LogP contribution >= 0.6 is 0 Å². The molecule has 3 heterocycles. The van der Waals surface area contributed by atoms with E-state index < -0.39 is 29.4 Å². The summed E-state index contributed by atoms with van der Waals surface area (Å²) in [5.41, 5.74) is -1.32. The predicted octanol–water partition coefficient (Wildman–Crippen LogP) is 1.19. The Labute approximate surface area is 154 Å². The number of carbonyl (C=O) groups is 3. The fourth-order valence-electron chi connectivity index (χ4n) is 4.64. The first kappa shape index (κ1) is 18.9. The first-order chi connectivity index (χ1) is 12.1. The Balaban J connectivity index is 1.95. The molecule has 3 rings (SSSR count). The molecule has 0 bridgehead atoms. The molecule has 3 unspecified atom stereocenters. The normalized spacial score (nSPS) is 31.7. The second-order valence-electron chi connectivity index (χ2n) is 8.27. The fraction of sp³-hybridized carbons (Fsp3) is 0.833. The standard InChI is InChI=1S/C18H29N3O5/c1-6-20-14(22)12-8-7-9-21(12)18(20)10-13(15(23)25-5)19(11-18)16(24)26-17(2,3)4/h12-13H,6-11H2,1-5H3. The number of methoxy groups -OCH3 is 1. The Morgan fingerprint density at radius 1 is 1.31 bits per heavy atom.